The van der Waals surface area contributed by atoms with Crippen molar-refractivity contribution in [1.82, 2.24) is 4.98 Å². The van der Waals surface area contributed by atoms with Gasteiger partial charge in [0.1, 0.15) is 5.69 Å². The summed E-state index contributed by atoms with van der Waals surface area (Å²) in [4.78, 5) is 14.2. The van der Waals surface area contributed by atoms with Gasteiger partial charge in [0.05, 0.1) is 7.11 Å². The largest absolute Gasteiger partial charge is 0.464 e. The molecule has 1 aromatic heterocycles. The van der Waals surface area contributed by atoms with Gasteiger partial charge >= 0.3 is 5.97 Å². The van der Waals surface area contributed by atoms with Gasteiger partial charge in [-0.05, 0) is 30.3 Å². The molecule has 0 aliphatic carbocycles. The summed E-state index contributed by atoms with van der Waals surface area (Å²) in [5, 5.41) is 1.09. The number of aromatic amines is 1. The number of hydrogen-bond acceptors (Lipinski definition) is 2. The molecule has 0 bridgehead atoms. The van der Waals surface area contributed by atoms with E-state index in [1.54, 1.807) is 30.3 Å². The van der Waals surface area contributed by atoms with Gasteiger partial charge in [-0.3, -0.25) is 0 Å². The highest BCUT2D eigenvalue weighted by Gasteiger charge is 2.09. The minimum Gasteiger partial charge on any atom is -0.464 e. The van der Waals surface area contributed by atoms with Crippen LogP contribution in [0.2, 0.25) is 10.0 Å². The van der Waals surface area contributed by atoms with E-state index in [4.69, 9.17) is 23.2 Å². The Bertz CT molecular complexity index is 543. The highest BCUT2D eigenvalue weighted by molar-refractivity contribution is 6.35. The molecular weight excluding hydrogens is 261 g/mol. The molecule has 2 rings (SSSR count). The molecule has 0 aliphatic heterocycles. The Morgan fingerprint density at radius 2 is 1.82 bits per heavy atom. The Hall–Kier alpha value is -1.45. The van der Waals surface area contributed by atoms with Crippen LogP contribution in [0.3, 0.4) is 0 Å². The fourth-order valence-corrected chi connectivity index (χ4v) is 2.03. The molecular formula is C12H9Cl2NO2. The third-order valence-electron chi connectivity index (χ3n) is 2.26. The molecule has 2 aromatic rings. The predicted octanol–water partition coefficient (Wildman–Crippen LogP) is 3.78. The van der Waals surface area contributed by atoms with Gasteiger partial charge in [0.15, 0.2) is 0 Å². The SMILES string of the molecule is COC(=O)c1ccc(-c2cc(Cl)cc(Cl)c2)[nH]1. The maximum Gasteiger partial charge on any atom is 0.354 e. The number of benzene rings is 1. The number of nitrogens with one attached hydrogen (secondary N) is 1. The zero-order valence-corrected chi connectivity index (χ0v) is 10.5. The van der Waals surface area contributed by atoms with Gasteiger partial charge < -0.3 is 9.72 Å². The summed E-state index contributed by atoms with van der Waals surface area (Å²) in [6.45, 7) is 0. The monoisotopic (exact) mass is 269 g/mol. The number of rotatable bonds is 2. The Morgan fingerprint density at radius 3 is 2.41 bits per heavy atom. The molecule has 3 nitrogen and oxygen atoms in total. The quantitative estimate of drug-likeness (QED) is 0.844. The summed E-state index contributed by atoms with van der Waals surface area (Å²) in [6, 6.07) is 8.60. The molecule has 0 atom stereocenters. The summed E-state index contributed by atoms with van der Waals surface area (Å²) in [5.41, 5.74) is 1.96. The molecule has 1 aromatic carbocycles. The van der Waals surface area contributed by atoms with E-state index in [1.807, 2.05) is 0 Å². The molecule has 1 heterocycles. The fraction of sp³-hybridized carbons (Fsp3) is 0.0833. The molecule has 5 heteroatoms. The van der Waals surface area contributed by atoms with Crippen LogP contribution in [0.1, 0.15) is 10.5 Å². The van der Waals surface area contributed by atoms with E-state index in [9.17, 15) is 4.79 Å². The second kappa shape index (κ2) is 4.82. The normalized spacial score (nSPS) is 10.3. The minimum atomic E-state index is -0.413. The van der Waals surface area contributed by atoms with Crippen LogP contribution in [0.15, 0.2) is 30.3 Å². The number of halogens is 2. The van der Waals surface area contributed by atoms with E-state index in [2.05, 4.69) is 9.72 Å². The first-order valence-electron chi connectivity index (χ1n) is 4.84. The van der Waals surface area contributed by atoms with Crippen molar-refractivity contribution in [3.05, 3.63) is 46.1 Å². The lowest BCUT2D eigenvalue weighted by Crippen LogP contribution is -2.00. The van der Waals surface area contributed by atoms with Gasteiger partial charge in [-0.25, -0.2) is 4.79 Å². The number of esters is 1. The summed E-state index contributed by atoms with van der Waals surface area (Å²) in [6.07, 6.45) is 0. The Kier molecular flexibility index (Phi) is 3.41. The number of H-pyrrole nitrogens is 1. The average molecular weight is 270 g/mol. The van der Waals surface area contributed by atoms with Crippen molar-refractivity contribution >= 4 is 29.2 Å². The minimum absolute atomic E-state index is 0.388. The van der Waals surface area contributed by atoms with Crippen LogP contribution in [0, 0.1) is 0 Å². The number of ether oxygens (including phenoxy) is 1. The fourth-order valence-electron chi connectivity index (χ4n) is 1.50. The van der Waals surface area contributed by atoms with Gasteiger partial charge in [0, 0.05) is 21.3 Å². The van der Waals surface area contributed by atoms with Crippen LogP contribution in [0.5, 0.6) is 0 Å². The highest BCUT2D eigenvalue weighted by Crippen LogP contribution is 2.26. The van der Waals surface area contributed by atoms with E-state index in [1.165, 1.54) is 7.11 Å². The predicted molar refractivity (Wildman–Crippen MR) is 67.6 cm³/mol. The van der Waals surface area contributed by atoms with E-state index in [0.29, 0.717) is 15.7 Å². The van der Waals surface area contributed by atoms with Gasteiger partial charge in [0.25, 0.3) is 0 Å². The van der Waals surface area contributed by atoms with Gasteiger partial charge in [-0.1, -0.05) is 23.2 Å². The Balaban J connectivity index is 2.40. The number of carbonyl (C=O) groups excluding carboxylic acids is 1. The van der Waals surface area contributed by atoms with Crippen LogP contribution in [-0.2, 0) is 4.74 Å². The van der Waals surface area contributed by atoms with E-state index >= 15 is 0 Å². The smallest absolute Gasteiger partial charge is 0.354 e. The zero-order chi connectivity index (χ0) is 12.4. The van der Waals surface area contributed by atoms with Crippen LogP contribution >= 0.6 is 23.2 Å². The second-order valence-corrected chi connectivity index (χ2v) is 4.31. The van der Waals surface area contributed by atoms with Crippen LogP contribution in [-0.4, -0.2) is 18.1 Å². The standard InChI is InChI=1S/C12H9Cl2NO2/c1-17-12(16)11-3-2-10(15-11)7-4-8(13)6-9(14)5-7/h2-6,15H,1H3. The Labute approximate surface area is 108 Å². The first kappa shape index (κ1) is 12.0. The molecule has 1 N–H and O–H groups in total. The summed E-state index contributed by atoms with van der Waals surface area (Å²) in [5.74, 6) is -0.413. The number of hydrogen-bond donors (Lipinski definition) is 1. The average Bonchev–Trinajstić information content (AvgIpc) is 2.76. The van der Waals surface area contributed by atoms with E-state index in [-0.39, 0.29) is 0 Å². The Morgan fingerprint density at radius 1 is 1.18 bits per heavy atom. The lowest BCUT2D eigenvalue weighted by atomic mass is 10.2. The third-order valence-corrected chi connectivity index (χ3v) is 2.70. The maximum atomic E-state index is 11.3. The number of aromatic nitrogens is 1. The van der Waals surface area contributed by atoms with Crippen molar-refractivity contribution in [1.29, 1.82) is 0 Å². The van der Waals surface area contributed by atoms with Crippen molar-refractivity contribution in [2.45, 2.75) is 0 Å². The van der Waals surface area contributed by atoms with Gasteiger partial charge in [-0.2, -0.15) is 0 Å². The first-order chi connectivity index (χ1) is 8.10. The molecule has 0 amide bonds. The van der Waals surface area contributed by atoms with E-state index in [0.717, 1.165) is 11.3 Å². The van der Waals surface area contributed by atoms with Crippen molar-refractivity contribution < 1.29 is 9.53 Å². The molecule has 88 valence electrons. The topological polar surface area (TPSA) is 42.1 Å². The summed E-state index contributed by atoms with van der Waals surface area (Å²) >= 11 is 11.8. The van der Waals surface area contributed by atoms with Crippen molar-refractivity contribution in [3.63, 3.8) is 0 Å². The lowest BCUT2D eigenvalue weighted by Gasteiger charge is -2.01. The third kappa shape index (κ3) is 2.62. The van der Waals surface area contributed by atoms with Crippen molar-refractivity contribution in [2.24, 2.45) is 0 Å². The first-order valence-corrected chi connectivity index (χ1v) is 5.59. The van der Waals surface area contributed by atoms with Crippen molar-refractivity contribution in [2.75, 3.05) is 7.11 Å². The lowest BCUT2D eigenvalue weighted by molar-refractivity contribution is 0.0595. The molecule has 0 unspecified atom stereocenters. The van der Waals surface area contributed by atoms with Crippen molar-refractivity contribution in [3.8, 4) is 11.3 Å². The molecule has 0 saturated heterocycles. The van der Waals surface area contributed by atoms with Crippen LogP contribution in [0.4, 0.5) is 0 Å². The highest BCUT2D eigenvalue weighted by atomic mass is 35.5. The molecule has 0 aliphatic rings. The molecule has 17 heavy (non-hydrogen) atoms. The van der Waals surface area contributed by atoms with Gasteiger partial charge in [-0.15, -0.1) is 0 Å². The number of carbonyl (C=O) groups is 1. The molecule has 0 fully saturated rings. The van der Waals surface area contributed by atoms with Crippen LogP contribution < -0.4 is 0 Å². The molecule has 0 saturated carbocycles. The van der Waals surface area contributed by atoms with Crippen LogP contribution in [0.25, 0.3) is 11.3 Å². The summed E-state index contributed by atoms with van der Waals surface area (Å²) < 4.78 is 4.61. The second-order valence-electron chi connectivity index (χ2n) is 3.44. The molecule has 0 spiro atoms. The summed E-state index contributed by atoms with van der Waals surface area (Å²) in [7, 11) is 1.33. The van der Waals surface area contributed by atoms with E-state index < -0.39 is 5.97 Å². The maximum absolute atomic E-state index is 11.3. The molecule has 0 radical (unpaired) electrons. The number of methoxy groups -OCH3 is 1. The zero-order valence-electron chi connectivity index (χ0n) is 8.96. The van der Waals surface area contributed by atoms with Gasteiger partial charge in [0.2, 0.25) is 0 Å².